The quantitative estimate of drug-likeness (QED) is 0.874. The van der Waals surface area contributed by atoms with Gasteiger partial charge in [-0.25, -0.2) is 0 Å². The lowest BCUT2D eigenvalue weighted by Gasteiger charge is -2.32. The van der Waals surface area contributed by atoms with E-state index < -0.39 is 0 Å². The van der Waals surface area contributed by atoms with Crippen LogP contribution >= 0.6 is 0 Å². The molecule has 1 aromatic carbocycles. The summed E-state index contributed by atoms with van der Waals surface area (Å²) >= 11 is 0. The van der Waals surface area contributed by atoms with Crippen molar-refractivity contribution in [3.8, 4) is 0 Å². The molecule has 2 N–H and O–H groups in total. The fourth-order valence-corrected chi connectivity index (χ4v) is 2.45. The summed E-state index contributed by atoms with van der Waals surface area (Å²) < 4.78 is 5.16. The Kier molecular flexibility index (Phi) is 4.56. The smallest absolute Gasteiger partial charge is 0.231 e. The monoisotopic (exact) mass is 262 g/mol. The molecule has 0 aliphatic carbocycles. The second-order valence-corrected chi connectivity index (χ2v) is 5.39. The lowest BCUT2D eigenvalue weighted by atomic mass is 9.82. The summed E-state index contributed by atoms with van der Waals surface area (Å²) in [6, 6.07) is 7.77. The Balaban J connectivity index is 2.10. The average molecular weight is 262 g/mol. The van der Waals surface area contributed by atoms with Gasteiger partial charge < -0.3 is 15.4 Å². The van der Waals surface area contributed by atoms with Gasteiger partial charge in [-0.3, -0.25) is 4.79 Å². The van der Waals surface area contributed by atoms with E-state index in [0.717, 1.165) is 37.2 Å². The molecule has 0 spiro atoms. The molecule has 0 saturated carbocycles. The summed E-state index contributed by atoms with van der Waals surface area (Å²) in [4.78, 5) is 12.5. The van der Waals surface area contributed by atoms with Crippen molar-refractivity contribution in [3.05, 3.63) is 29.8 Å². The van der Waals surface area contributed by atoms with Crippen LogP contribution in [-0.4, -0.2) is 26.1 Å². The van der Waals surface area contributed by atoms with Crippen LogP contribution in [0, 0.1) is 5.41 Å². The number of methoxy groups -OCH3 is 1. The summed E-state index contributed by atoms with van der Waals surface area (Å²) in [5, 5.41) is 6.34. The summed E-state index contributed by atoms with van der Waals surface area (Å²) in [6.07, 6.45) is 1.97. The first-order chi connectivity index (χ1) is 9.15. The zero-order valence-electron chi connectivity index (χ0n) is 11.7. The number of rotatable bonds is 4. The molecule has 1 aliphatic rings. The van der Waals surface area contributed by atoms with Gasteiger partial charge in [0.2, 0.25) is 5.91 Å². The summed E-state index contributed by atoms with van der Waals surface area (Å²) in [5.41, 5.74) is 1.53. The fourth-order valence-electron chi connectivity index (χ4n) is 2.45. The maximum absolute atomic E-state index is 12.5. The molecule has 19 heavy (non-hydrogen) atoms. The number of para-hydroxylation sites is 1. The molecule has 1 atom stereocenters. The Morgan fingerprint density at radius 3 is 2.95 bits per heavy atom. The molecule has 1 aliphatic heterocycles. The number of benzene rings is 1. The molecule has 1 fully saturated rings. The molecule has 1 unspecified atom stereocenters. The van der Waals surface area contributed by atoms with Gasteiger partial charge in [0.1, 0.15) is 0 Å². The number of nitrogens with one attached hydrogen (secondary N) is 2. The Morgan fingerprint density at radius 2 is 2.26 bits per heavy atom. The number of hydrogen-bond acceptors (Lipinski definition) is 3. The summed E-state index contributed by atoms with van der Waals surface area (Å²) in [6.45, 7) is 4.27. The third kappa shape index (κ3) is 3.33. The van der Waals surface area contributed by atoms with Crippen LogP contribution in [0.3, 0.4) is 0 Å². The zero-order valence-corrected chi connectivity index (χ0v) is 11.7. The highest BCUT2D eigenvalue weighted by molar-refractivity contribution is 5.95. The lowest BCUT2D eigenvalue weighted by molar-refractivity contribution is -0.125. The van der Waals surface area contributed by atoms with Crippen molar-refractivity contribution in [2.24, 2.45) is 5.41 Å². The highest BCUT2D eigenvalue weighted by atomic mass is 16.5. The zero-order chi connectivity index (χ0) is 13.7. The molecule has 1 saturated heterocycles. The molecule has 0 radical (unpaired) electrons. The van der Waals surface area contributed by atoms with Crippen molar-refractivity contribution in [3.63, 3.8) is 0 Å². The lowest BCUT2D eigenvalue weighted by Crippen LogP contribution is -2.46. The average Bonchev–Trinajstić information content (AvgIpc) is 2.42. The third-order valence-corrected chi connectivity index (χ3v) is 3.71. The van der Waals surface area contributed by atoms with Gasteiger partial charge in [0.25, 0.3) is 0 Å². The molecule has 1 aromatic rings. The molecular weight excluding hydrogens is 240 g/mol. The van der Waals surface area contributed by atoms with E-state index in [4.69, 9.17) is 4.74 Å². The number of carbonyl (C=O) groups excluding carboxylic acids is 1. The van der Waals surface area contributed by atoms with Crippen LogP contribution < -0.4 is 10.6 Å². The van der Waals surface area contributed by atoms with Crippen LogP contribution in [0.15, 0.2) is 24.3 Å². The molecule has 0 bridgehead atoms. The van der Waals surface area contributed by atoms with Gasteiger partial charge in [-0.15, -0.1) is 0 Å². The fraction of sp³-hybridized carbons (Fsp3) is 0.533. The number of amides is 1. The first kappa shape index (κ1) is 14.0. The van der Waals surface area contributed by atoms with Crippen molar-refractivity contribution in [2.45, 2.75) is 26.4 Å². The first-order valence-electron chi connectivity index (χ1n) is 6.75. The molecule has 2 rings (SSSR count). The van der Waals surface area contributed by atoms with Crippen LogP contribution in [0.2, 0.25) is 0 Å². The van der Waals surface area contributed by atoms with Crippen LogP contribution in [0.4, 0.5) is 5.69 Å². The normalized spacial score (nSPS) is 23.1. The van der Waals surface area contributed by atoms with Gasteiger partial charge in [0.05, 0.1) is 12.0 Å². The van der Waals surface area contributed by atoms with Crippen molar-refractivity contribution >= 4 is 11.6 Å². The highest BCUT2D eigenvalue weighted by Gasteiger charge is 2.34. The Hall–Kier alpha value is -1.39. The second kappa shape index (κ2) is 6.17. The van der Waals surface area contributed by atoms with E-state index in [1.165, 1.54) is 0 Å². The largest absolute Gasteiger partial charge is 0.380 e. The standard InChI is InChI=1S/C15H22N2O2/c1-15(8-5-9-16-11-15)14(18)17-13-7-4-3-6-12(13)10-19-2/h3-4,6-7,16H,5,8-11H2,1-2H3,(H,17,18). The minimum Gasteiger partial charge on any atom is -0.380 e. The highest BCUT2D eigenvalue weighted by Crippen LogP contribution is 2.28. The van der Waals surface area contributed by atoms with Crippen LogP contribution in [0.25, 0.3) is 0 Å². The molecule has 1 amide bonds. The molecule has 4 nitrogen and oxygen atoms in total. The summed E-state index contributed by atoms with van der Waals surface area (Å²) in [5.74, 6) is 0.0863. The maximum atomic E-state index is 12.5. The van der Waals surface area contributed by atoms with Crippen molar-refractivity contribution in [2.75, 3.05) is 25.5 Å². The molecule has 0 aromatic heterocycles. The van der Waals surface area contributed by atoms with Gasteiger partial charge in [0.15, 0.2) is 0 Å². The van der Waals surface area contributed by atoms with Crippen LogP contribution in [0.5, 0.6) is 0 Å². The topological polar surface area (TPSA) is 50.4 Å². The molecule has 104 valence electrons. The molecular formula is C15H22N2O2. The van der Waals surface area contributed by atoms with Crippen molar-refractivity contribution < 1.29 is 9.53 Å². The maximum Gasteiger partial charge on any atom is 0.231 e. The number of piperidine rings is 1. The van der Waals surface area contributed by atoms with E-state index in [-0.39, 0.29) is 11.3 Å². The van der Waals surface area contributed by atoms with Crippen molar-refractivity contribution in [1.29, 1.82) is 0 Å². The first-order valence-corrected chi connectivity index (χ1v) is 6.75. The number of carbonyl (C=O) groups is 1. The van der Waals surface area contributed by atoms with Crippen LogP contribution in [0.1, 0.15) is 25.3 Å². The Labute approximate surface area is 114 Å². The number of ether oxygens (including phenoxy) is 1. The summed E-state index contributed by atoms with van der Waals surface area (Å²) in [7, 11) is 1.66. The predicted molar refractivity (Wildman–Crippen MR) is 76.0 cm³/mol. The predicted octanol–water partition coefficient (Wildman–Crippen LogP) is 2.16. The van der Waals surface area contributed by atoms with E-state index in [0.29, 0.717) is 6.61 Å². The van der Waals surface area contributed by atoms with Crippen molar-refractivity contribution in [1.82, 2.24) is 5.32 Å². The van der Waals surface area contributed by atoms with E-state index >= 15 is 0 Å². The van der Waals surface area contributed by atoms with Crippen LogP contribution in [-0.2, 0) is 16.1 Å². The second-order valence-electron chi connectivity index (χ2n) is 5.39. The minimum absolute atomic E-state index is 0.0863. The number of anilines is 1. The van der Waals surface area contributed by atoms with E-state index in [2.05, 4.69) is 10.6 Å². The van der Waals surface area contributed by atoms with Gasteiger partial charge in [0, 0.05) is 24.9 Å². The molecule has 4 heteroatoms. The Morgan fingerprint density at radius 1 is 1.47 bits per heavy atom. The van der Waals surface area contributed by atoms with E-state index in [9.17, 15) is 4.79 Å². The number of hydrogen-bond donors (Lipinski definition) is 2. The van der Waals surface area contributed by atoms with Gasteiger partial charge >= 0.3 is 0 Å². The van der Waals surface area contributed by atoms with Gasteiger partial charge in [-0.05, 0) is 32.4 Å². The molecule has 1 heterocycles. The van der Waals surface area contributed by atoms with Gasteiger partial charge in [-0.1, -0.05) is 18.2 Å². The third-order valence-electron chi connectivity index (χ3n) is 3.71. The Bertz CT molecular complexity index is 440. The van der Waals surface area contributed by atoms with E-state index in [1.807, 2.05) is 31.2 Å². The van der Waals surface area contributed by atoms with E-state index in [1.54, 1.807) is 7.11 Å². The minimum atomic E-state index is -0.321. The SMILES string of the molecule is COCc1ccccc1NC(=O)C1(C)CCCNC1. The van der Waals surface area contributed by atoms with Gasteiger partial charge in [-0.2, -0.15) is 0 Å².